The molecule has 0 aliphatic carbocycles. The number of carbonyl (C=O) groups excluding carboxylic acids is 3. The summed E-state index contributed by atoms with van der Waals surface area (Å²) in [5.41, 5.74) is 2.31. The van der Waals surface area contributed by atoms with E-state index in [1.165, 1.54) is 11.8 Å². The minimum atomic E-state index is -1.12. The van der Waals surface area contributed by atoms with Gasteiger partial charge in [0.15, 0.2) is 5.78 Å². The third-order valence-electron chi connectivity index (χ3n) is 6.62. The Hall–Kier alpha value is -4.16. The smallest absolute Gasteiger partial charge is 0.290 e. The standard InChI is InChI=1S/C32H27NO4S/c1-23(34)22-37-28-19-17-24(18-20-28)21-29-30(35)33(31(36)38-29)32(25-11-5-2-6-12-25,26-13-7-3-8-14-26)27-15-9-4-10-16-27/h2-20,29H,21-22H2,1H3. The van der Waals surface area contributed by atoms with Gasteiger partial charge < -0.3 is 4.74 Å². The third kappa shape index (κ3) is 4.87. The van der Waals surface area contributed by atoms with E-state index in [1.54, 1.807) is 12.1 Å². The lowest BCUT2D eigenvalue weighted by Crippen LogP contribution is -2.51. The SMILES string of the molecule is CC(=O)COc1ccc(CC2SC(=O)N(C(c3ccccc3)(c3ccccc3)c3ccccc3)C2=O)cc1. The molecule has 1 unspecified atom stereocenters. The summed E-state index contributed by atoms with van der Waals surface area (Å²) in [5.74, 6) is 0.302. The molecular formula is C32H27NO4S. The van der Waals surface area contributed by atoms with Gasteiger partial charge in [-0.05, 0) is 47.7 Å². The van der Waals surface area contributed by atoms with Crippen molar-refractivity contribution in [1.29, 1.82) is 0 Å². The van der Waals surface area contributed by atoms with E-state index in [-0.39, 0.29) is 23.5 Å². The predicted molar refractivity (Wildman–Crippen MR) is 149 cm³/mol. The van der Waals surface area contributed by atoms with Gasteiger partial charge in [-0.25, -0.2) is 0 Å². The van der Waals surface area contributed by atoms with Gasteiger partial charge in [-0.15, -0.1) is 0 Å². The molecule has 0 bridgehead atoms. The molecule has 0 saturated carbocycles. The van der Waals surface area contributed by atoms with Crippen molar-refractivity contribution >= 4 is 28.7 Å². The molecule has 2 amide bonds. The molecule has 6 heteroatoms. The van der Waals surface area contributed by atoms with Crippen LogP contribution >= 0.6 is 11.8 Å². The zero-order chi connectivity index (χ0) is 26.5. The highest BCUT2D eigenvalue weighted by Gasteiger charge is 2.53. The zero-order valence-corrected chi connectivity index (χ0v) is 21.8. The van der Waals surface area contributed by atoms with Gasteiger partial charge in [0, 0.05) is 0 Å². The van der Waals surface area contributed by atoms with Gasteiger partial charge in [0.05, 0.1) is 5.25 Å². The number of thioether (sulfide) groups is 1. The Morgan fingerprint density at radius 1 is 0.763 bits per heavy atom. The monoisotopic (exact) mass is 521 g/mol. The van der Waals surface area contributed by atoms with Crippen LogP contribution in [0.2, 0.25) is 0 Å². The lowest BCUT2D eigenvalue weighted by Gasteiger charge is -2.42. The fraction of sp³-hybridized carbons (Fsp3) is 0.156. The van der Waals surface area contributed by atoms with E-state index in [9.17, 15) is 14.4 Å². The minimum Gasteiger partial charge on any atom is -0.486 e. The summed E-state index contributed by atoms with van der Waals surface area (Å²) in [6.45, 7) is 1.49. The van der Waals surface area contributed by atoms with Crippen molar-refractivity contribution in [2.75, 3.05) is 6.61 Å². The molecule has 1 saturated heterocycles. The van der Waals surface area contributed by atoms with Gasteiger partial charge >= 0.3 is 0 Å². The van der Waals surface area contributed by atoms with Gasteiger partial charge in [0.2, 0.25) is 5.91 Å². The summed E-state index contributed by atoms with van der Waals surface area (Å²) >= 11 is 1.07. The van der Waals surface area contributed by atoms with E-state index in [2.05, 4.69) is 0 Å². The number of carbonyl (C=O) groups is 3. The molecular weight excluding hydrogens is 494 g/mol. The summed E-state index contributed by atoms with van der Waals surface area (Å²) in [6, 6.07) is 36.5. The highest BCUT2D eigenvalue weighted by Crippen LogP contribution is 2.47. The van der Waals surface area contributed by atoms with Crippen molar-refractivity contribution in [1.82, 2.24) is 4.90 Å². The van der Waals surface area contributed by atoms with Crippen LogP contribution in [-0.2, 0) is 21.5 Å². The van der Waals surface area contributed by atoms with Crippen LogP contribution in [-0.4, -0.2) is 33.7 Å². The molecule has 5 nitrogen and oxygen atoms in total. The lowest BCUT2D eigenvalue weighted by molar-refractivity contribution is -0.129. The van der Waals surface area contributed by atoms with Crippen LogP contribution in [0.25, 0.3) is 0 Å². The van der Waals surface area contributed by atoms with Crippen molar-refractivity contribution in [3.8, 4) is 5.75 Å². The number of hydrogen-bond donors (Lipinski definition) is 0. The van der Waals surface area contributed by atoms with Gasteiger partial charge in [-0.3, -0.25) is 19.3 Å². The highest BCUT2D eigenvalue weighted by atomic mass is 32.2. The maximum atomic E-state index is 14.2. The number of rotatable bonds is 9. The molecule has 190 valence electrons. The quantitative estimate of drug-likeness (QED) is 0.244. The van der Waals surface area contributed by atoms with E-state index >= 15 is 0 Å². The molecule has 1 fully saturated rings. The van der Waals surface area contributed by atoms with E-state index < -0.39 is 10.8 Å². The number of benzene rings is 4. The summed E-state index contributed by atoms with van der Waals surface area (Å²) < 4.78 is 5.46. The second-order valence-corrected chi connectivity index (χ2v) is 10.3. The van der Waals surface area contributed by atoms with Gasteiger partial charge in [-0.1, -0.05) is 115 Å². The van der Waals surface area contributed by atoms with Crippen molar-refractivity contribution in [2.24, 2.45) is 0 Å². The molecule has 0 N–H and O–H groups in total. The molecule has 5 rings (SSSR count). The van der Waals surface area contributed by atoms with E-state index in [0.29, 0.717) is 12.2 Å². The average molecular weight is 522 g/mol. The number of amides is 2. The first kappa shape index (κ1) is 25.5. The van der Waals surface area contributed by atoms with Crippen LogP contribution in [0.15, 0.2) is 115 Å². The van der Waals surface area contributed by atoms with Crippen LogP contribution in [0.5, 0.6) is 5.75 Å². The molecule has 38 heavy (non-hydrogen) atoms. The van der Waals surface area contributed by atoms with Crippen LogP contribution in [0.3, 0.4) is 0 Å². The van der Waals surface area contributed by atoms with Crippen LogP contribution in [0.1, 0.15) is 29.2 Å². The summed E-state index contributed by atoms with van der Waals surface area (Å²) in [6.07, 6.45) is 0.396. The molecule has 1 atom stereocenters. The third-order valence-corrected chi connectivity index (χ3v) is 7.66. The average Bonchev–Trinajstić information content (AvgIpc) is 3.23. The first-order chi connectivity index (χ1) is 18.5. The number of imide groups is 1. The fourth-order valence-corrected chi connectivity index (χ4v) is 5.99. The molecule has 4 aromatic carbocycles. The first-order valence-corrected chi connectivity index (χ1v) is 13.3. The Morgan fingerprint density at radius 3 is 1.68 bits per heavy atom. The van der Waals surface area contributed by atoms with Crippen molar-refractivity contribution < 1.29 is 19.1 Å². The second-order valence-electron chi connectivity index (χ2n) is 9.19. The summed E-state index contributed by atoms with van der Waals surface area (Å²) in [7, 11) is 0. The van der Waals surface area contributed by atoms with Crippen LogP contribution in [0.4, 0.5) is 4.79 Å². The predicted octanol–water partition coefficient (Wildman–Crippen LogP) is 6.25. The van der Waals surface area contributed by atoms with Crippen LogP contribution in [0, 0.1) is 0 Å². The molecule has 4 aromatic rings. The number of ether oxygens (including phenoxy) is 1. The van der Waals surface area contributed by atoms with Crippen molar-refractivity contribution in [3.05, 3.63) is 138 Å². The van der Waals surface area contributed by atoms with E-state index in [4.69, 9.17) is 4.74 Å². The second kappa shape index (κ2) is 11.1. The zero-order valence-electron chi connectivity index (χ0n) is 20.9. The Labute approximate surface area is 226 Å². The van der Waals surface area contributed by atoms with Crippen molar-refractivity contribution in [3.63, 3.8) is 0 Å². The Kier molecular flexibility index (Phi) is 7.43. The van der Waals surface area contributed by atoms with Gasteiger partial charge in [0.1, 0.15) is 17.9 Å². The molecule has 1 aliphatic rings. The summed E-state index contributed by atoms with van der Waals surface area (Å²) in [5, 5.41) is -0.847. The van der Waals surface area contributed by atoms with Crippen molar-refractivity contribution in [2.45, 2.75) is 24.1 Å². The van der Waals surface area contributed by atoms with Crippen LogP contribution < -0.4 is 4.74 Å². The molecule has 1 heterocycles. The van der Waals surface area contributed by atoms with E-state index in [1.807, 2.05) is 103 Å². The lowest BCUT2D eigenvalue weighted by atomic mass is 9.75. The minimum absolute atomic E-state index is 0.0142. The number of Topliss-reactive ketones (excluding diaryl/α,β-unsaturated/α-hetero) is 1. The summed E-state index contributed by atoms with van der Waals surface area (Å²) in [4.78, 5) is 40.6. The highest BCUT2D eigenvalue weighted by molar-refractivity contribution is 8.15. The first-order valence-electron chi connectivity index (χ1n) is 12.4. The number of ketones is 1. The topological polar surface area (TPSA) is 63.7 Å². The molecule has 0 aromatic heterocycles. The Balaban J connectivity index is 1.55. The maximum Gasteiger partial charge on any atom is 0.290 e. The number of nitrogens with zero attached hydrogens (tertiary/aromatic N) is 1. The normalized spacial score (nSPS) is 15.5. The maximum absolute atomic E-state index is 14.2. The Bertz CT molecular complexity index is 1330. The molecule has 1 aliphatic heterocycles. The fourth-order valence-electron chi connectivity index (χ4n) is 4.94. The molecule has 0 spiro atoms. The van der Waals surface area contributed by atoms with Gasteiger partial charge in [0.25, 0.3) is 5.24 Å². The molecule has 0 radical (unpaired) electrons. The largest absolute Gasteiger partial charge is 0.486 e. The van der Waals surface area contributed by atoms with E-state index in [0.717, 1.165) is 34.0 Å². The Morgan fingerprint density at radius 2 is 1.24 bits per heavy atom. The van der Waals surface area contributed by atoms with Gasteiger partial charge in [-0.2, -0.15) is 0 Å². The number of hydrogen-bond acceptors (Lipinski definition) is 5.